The number of nitrogens with zero attached hydrogens (tertiary/aromatic N) is 1. The van der Waals surface area contributed by atoms with Crippen molar-refractivity contribution in [3.8, 4) is 0 Å². The van der Waals surface area contributed by atoms with Crippen LogP contribution in [0.3, 0.4) is 0 Å². The summed E-state index contributed by atoms with van der Waals surface area (Å²) in [6, 6.07) is 7.70. The van der Waals surface area contributed by atoms with E-state index in [4.69, 9.17) is 5.73 Å². The van der Waals surface area contributed by atoms with Gasteiger partial charge in [-0.2, -0.15) is 0 Å². The lowest BCUT2D eigenvalue weighted by Crippen LogP contribution is -2.03. The molecule has 0 saturated carbocycles. The maximum absolute atomic E-state index is 5.42. The Morgan fingerprint density at radius 1 is 1.45 bits per heavy atom. The van der Waals surface area contributed by atoms with E-state index in [0.717, 1.165) is 10.2 Å². The Morgan fingerprint density at radius 3 is 2.64 bits per heavy atom. The van der Waals surface area contributed by atoms with Crippen molar-refractivity contribution < 1.29 is 0 Å². The summed E-state index contributed by atoms with van der Waals surface area (Å²) in [7, 11) is 0. The molecule has 0 aliphatic heterocycles. The molecule has 0 amide bonds. The number of amidine groups is 1. The number of para-hydroxylation sites is 1. The molecular weight excluding hydrogens is 204 g/mol. The van der Waals surface area contributed by atoms with Crippen molar-refractivity contribution in [3.05, 3.63) is 28.7 Å². The Balaban J connectivity index is 3.04. The molecular formula is C8H9BrN2. The summed E-state index contributed by atoms with van der Waals surface area (Å²) in [6.45, 7) is 1.76. The zero-order valence-corrected chi connectivity index (χ0v) is 7.80. The van der Waals surface area contributed by atoms with Crippen LogP contribution in [0.1, 0.15) is 6.92 Å². The van der Waals surface area contributed by atoms with Crippen LogP contribution in [-0.4, -0.2) is 5.84 Å². The van der Waals surface area contributed by atoms with Crippen LogP contribution in [0.25, 0.3) is 0 Å². The molecule has 0 aromatic heterocycles. The lowest BCUT2D eigenvalue weighted by atomic mass is 10.3. The minimum Gasteiger partial charge on any atom is -0.387 e. The van der Waals surface area contributed by atoms with Gasteiger partial charge in [0.15, 0.2) is 0 Å². The smallest absolute Gasteiger partial charge is 0.0965 e. The Morgan fingerprint density at radius 2 is 2.09 bits per heavy atom. The summed E-state index contributed by atoms with van der Waals surface area (Å²) < 4.78 is 0.963. The molecule has 1 aromatic carbocycles. The van der Waals surface area contributed by atoms with Crippen LogP contribution in [-0.2, 0) is 0 Å². The highest BCUT2D eigenvalue weighted by molar-refractivity contribution is 9.10. The zero-order valence-electron chi connectivity index (χ0n) is 6.21. The third-order valence-electron chi connectivity index (χ3n) is 1.15. The maximum Gasteiger partial charge on any atom is 0.0965 e. The van der Waals surface area contributed by atoms with Gasteiger partial charge in [0.1, 0.15) is 0 Å². The number of rotatable bonds is 1. The zero-order chi connectivity index (χ0) is 8.27. The molecule has 11 heavy (non-hydrogen) atoms. The molecule has 0 saturated heterocycles. The molecule has 0 bridgehead atoms. The molecule has 0 aliphatic carbocycles. The van der Waals surface area contributed by atoms with E-state index >= 15 is 0 Å². The summed E-state index contributed by atoms with van der Waals surface area (Å²) in [5, 5.41) is 0. The molecule has 0 heterocycles. The number of benzene rings is 1. The Kier molecular flexibility index (Phi) is 2.65. The largest absolute Gasteiger partial charge is 0.387 e. The van der Waals surface area contributed by atoms with E-state index in [2.05, 4.69) is 20.9 Å². The van der Waals surface area contributed by atoms with Crippen molar-refractivity contribution in [3.63, 3.8) is 0 Å². The summed E-state index contributed by atoms with van der Waals surface area (Å²) in [4.78, 5) is 4.11. The first-order valence-corrected chi connectivity index (χ1v) is 4.05. The number of hydrogen-bond donors (Lipinski definition) is 1. The monoisotopic (exact) mass is 212 g/mol. The summed E-state index contributed by atoms with van der Waals surface area (Å²) in [5.41, 5.74) is 6.29. The topological polar surface area (TPSA) is 38.4 Å². The highest BCUT2D eigenvalue weighted by Gasteiger charge is 1.93. The number of halogens is 1. The normalized spacial score (nSPS) is 11.6. The Hall–Kier alpha value is -0.830. The average molecular weight is 213 g/mol. The fourth-order valence-corrected chi connectivity index (χ4v) is 1.11. The van der Waals surface area contributed by atoms with Crippen molar-refractivity contribution in [2.45, 2.75) is 6.92 Å². The third-order valence-corrected chi connectivity index (χ3v) is 1.82. The molecule has 0 atom stereocenters. The van der Waals surface area contributed by atoms with Crippen molar-refractivity contribution in [1.82, 2.24) is 0 Å². The molecule has 1 rings (SSSR count). The summed E-state index contributed by atoms with van der Waals surface area (Å²) >= 11 is 3.36. The van der Waals surface area contributed by atoms with Gasteiger partial charge < -0.3 is 5.73 Å². The van der Waals surface area contributed by atoms with Crippen LogP contribution in [0.2, 0.25) is 0 Å². The van der Waals surface area contributed by atoms with Crippen LogP contribution < -0.4 is 5.73 Å². The van der Waals surface area contributed by atoms with E-state index in [-0.39, 0.29) is 0 Å². The molecule has 2 nitrogen and oxygen atoms in total. The summed E-state index contributed by atoms with van der Waals surface area (Å²) in [5.74, 6) is 0.567. The highest BCUT2D eigenvalue weighted by atomic mass is 79.9. The fraction of sp³-hybridized carbons (Fsp3) is 0.125. The molecule has 0 aliphatic rings. The van der Waals surface area contributed by atoms with Crippen LogP contribution in [0, 0.1) is 0 Å². The first kappa shape index (κ1) is 8.27. The van der Waals surface area contributed by atoms with Crippen LogP contribution in [0.5, 0.6) is 0 Å². The lowest BCUT2D eigenvalue weighted by Gasteiger charge is -1.96. The fourth-order valence-electron chi connectivity index (χ4n) is 0.732. The molecule has 3 heteroatoms. The SMILES string of the molecule is CC(N)=Nc1ccccc1Br. The van der Waals surface area contributed by atoms with Crippen molar-refractivity contribution in [2.24, 2.45) is 10.7 Å². The second-order valence-corrected chi connectivity index (χ2v) is 3.06. The van der Waals surface area contributed by atoms with E-state index in [0.29, 0.717) is 5.84 Å². The predicted octanol–water partition coefficient (Wildman–Crippen LogP) is 2.46. The van der Waals surface area contributed by atoms with Gasteiger partial charge >= 0.3 is 0 Å². The number of aliphatic imine (C=N–C) groups is 1. The van der Waals surface area contributed by atoms with Crippen LogP contribution in [0.4, 0.5) is 5.69 Å². The van der Waals surface area contributed by atoms with Crippen molar-refractivity contribution in [2.75, 3.05) is 0 Å². The van der Waals surface area contributed by atoms with Gasteiger partial charge in [-0.3, -0.25) is 0 Å². The van der Waals surface area contributed by atoms with E-state index in [9.17, 15) is 0 Å². The molecule has 0 fully saturated rings. The Bertz CT molecular complexity index is 277. The van der Waals surface area contributed by atoms with Gasteiger partial charge in [-0.25, -0.2) is 4.99 Å². The highest BCUT2D eigenvalue weighted by Crippen LogP contribution is 2.23. The quantitative estimate of drug-likeness (QED) is 0.564. The average Bonchev–Trinajstić information content (AvgIpc) is 1.93. The van der Waals surface area contributed by atoms with Gasteiger partial charge in [-0.05, 0) is 35.0 Å². The standard InChI is InChI=1S/C8H9BrN2/c1-6(10)11-8-5-3-2-4-7(8)9/h2-5H,1H3,(H2,10,11). The van der Waals surface area contributed by atoms with E-state index in [1.165, 1.54) is 0 Å². The van der Waals surface area contributed by atoms with Crippen LogP contribution in [0.15, 0.2) is 33.7 Å². The first-order valence-electron chi connectivity index (χ1n) is 3.25. The molecule has 0 unspecified atom stereocenters. The van der Waals surface area contributed by atoms with Gasteiger partial charge in [0.25, 0.3) is 0 Å². The number of nitrogens with two attached hydrogens (primary N) is 1. The second kappa shape index (κ2) is 3.53. The molecule has 58 valence electrons. The van der Waals surface area contributed by atoms with E-state index < -0.39 is 0 Å². The van der Waals surface area contributed by atoms with E-state index in [1.54, 1.807) is 6.92 Å². The van der Waals surface area contributed by atoms with Gasteiger partial charge in [-0.15, -0.1) is 0 Å². The lowest BCUT2D eigenvalue weighted by molar-refractivity contribution is 1.43. The molecule has 0 radical (unpaired) electrons. The Labute approximate surface area is 74.3 Å². The number of hydrogen-bond acceptors (Lipinski definition) is 1. The molecule has 0 spiro atoms. The van der Waals surface area contributed by atoms with Crippen molar-refractivity contribution in [1.29, 1.82) is 0 Å². The minimum atomic E-state index is 0.567. The van der Waals surface area contributed by atoms with Gasteiger partial charge in [0.2, 0.25) is 0 Å². The van der Waals surface area contributed by atoms with Crippen molar-refractivity contribution >= 4 is 27.5 Å². The van der Waals surface area contributed by atoms with Gasteiger partial charge in [-0.1, -0.05) is 12.1 Å². The molecule has 1 aromatic rings. The maximum atomic E-state index is 5.42. The minimum absolute atomic E-state index is 0.567. The molecule has 2 N–H and O–H groups in total. The van der Waals surface area contributed by atoms with Gasteiger partial charge in [0.05, 0.1) is 11.5 Å². The second-order valence-electron chi connectivity index (χ2n) is 2.20. The summed E-state index contributed by atoms with van der Waals surface area (Å²) in [6.07, 6.45) is 0. The van der Waals surface area contributed by atoms with E-state index in [1.807, 2.05) is 24.3 Å². The third kappa shape index (κ3) is 2.35. The first-order chi connectivity index (χ1) is 5.20. The predicted molar refractivity (Wildman–Crippen MR) is 51.1 cm³/mol. The van der Waals surface area contributed by atoms with Gasteiger partial charge in [0, 0.05) is 4.47 Å². The van der Waals surface area contributed by atoms with Crippen LogP contribution >= 0.6 is 15.9 Å².